The first kappa shape index (κ1) is 24.8. The summed E-state index contributed by atoms with van der Waals surface area (Å²) in [5.41, 5.74) is 4.48. The molecular weight excluding hydrogens is 458 g/mol. The Kier molecular flexibility index (Phi) is 7.76. The van der Waals surface area contributed by atoms with Gasteiger partial charge in [0, 0.05) is 25.3 Å². The molecule has 1 saturated heterocycles. The highest BCUT2D eigenvalue weighted by atomic mass is 32.2. The van der Waals surface area contributed by atoms with Gasteiger partial charge in [0.15, 0.2) is 0 Å². The second-order valence-corrected chi connectivity index (χ2v) is 10.9. The van der Waals surface area contributed by atoms with Gasteiger partial charge < -0.3 is 10.2 Å². The number of hydrogen-bond acceptors (Lipinski definition) is 4. The van der Waals surface area contributed by atoms with Gasteiger partial charge >= 0.3 is 0 Å². The molecule has 7 heteroatoms. The van der Waals surface area contributed by atoms with Crippen LogP contribution in [0.5, 0.6) is 0 Å². The molecule has 0 aliphatic carbocycles. The molecule has 1 fully saturated rings. The van der Waals surface area contributed by atoms with Crippen molar-refractivity contribution in [1.29, 1.82) is 0 Å². The number of anilines is 2. The minimum absolute atomic E-state index is 0.155. The van der Waals surface area contributed by atoms with Crippen molar-refractivity contribution < 1.29 is 13.2 Å². The second-order valence-electron chi connectivity index (χ2n) is 9.03. The molecule has 0 atom stereocenters. The topological polar surface area (TPSA) is 69.7 Å². The minimum atomic E-state index is -3.92. The molecule has 1 aliphatic heterocycles. The molecule has 4 rings (SSSR count). The van der Waals surface area contributed by atoms with Crippen molar-refractivity contribution in [3.05, 3.63) is 89.5 Å². The van der Waals surface area contributed by atoms with Crippen LogP contribution in [-0.4, -0.2) is 34.0 Å². The van der Waals surface area contributed by atoms with E-state index in [1.54, 1.807) is 36.4 Å². The third-order valence-corrected chi connectivity index (χ3v) is 8.38. The van der Waals surface area contributed by atoms with E-state index in [0.717, 1.165) is 29.8 Å². The number of nitrogens with one attached hydrogen (secondary N) is 1. The third-order valence-electron chi connectivity index (χ3n) is 6.61. The zero-order valence-corrected chi connectivity index (χ0v) is 21.2. The summed E-state index contributed by atoms with van der Waals surface area (Å²) in [5.74, 6) is -0.356. The predicted molar refractivity (Wildman–Crippen MR) is 141 cm³/mol. The Morgan fingerprint density at radius 2 is 1.57 bits per heavy atom. The summed E-state index contributed by atoms with van der Waals surface area (Å²) >= 11 is 0. The van der Waals surface area contributed by atoms with Gasteiger partial charge in [0.05, 0.1) is 10.6 Å². The molecule has 1 heterocycles. The lowest BCUT2D eigenvalue weighted by Gasteiger charge is -2.29. The molecule has 0 radical (unpaired) electrons. The summed E-state index contributed by atoms with van der Waals surface area (Å²) in [5, 5.41) is 2.90. The molecule has 3 aromatic carbocycles. The van der Waals surface area contributed by atoms with Crippen molar-refractivity contribution in [3.8, 4) is 0 Å². The molecule has 0 bridgehead atoms. The second kappa shape index (κ2) is 11.0. The number of benzene rings is 3. The van der Waals surface area contributed by atoms with Crippen molar-refractivity contribution in [1.82, 2.24) is 5.32 Å². The smallest absolute Gasteiger partial charge is 0.264 e. The first-order valence-corrected chi connectivity index (χ1v) is 13.5. The van der Waals surface area contributed by atoms with Crippen LogP contribution in [0.3, 0.4) is 0 Å². The van der Waals surface area contributed by atoms with Crippen LogP contribution in [0.25, 0.3) is 0 Å². The van der Waals surface area contributed by atoms with Crippen LogP contribution in [-0.2, 0) is 21.4 Å². The van der Waals surface area contributed by atoms with Crippen LogP contribution in [0.4, 0.5) is 11.4 Å². The number of sulfonamides is 1. The molecule has 0 aromatic heterocycles. The van der Waals surface area contributed by atoms with Gasteiger partial charge in [0.1, 0.15) is 6.54 Å². The SMILES string of the molecule is Cc1cccc(N(CC(=O)NCc2ccc(N3CCCCC3)cc2)S(=O)(=O)c2ccccc2)c1C. The Labute approximate surface area is 208 Å². The molecular formula is C28H33N3O3S. The maximum absolute atomic E-state index is 13.5. The number of rotatable bonds is 8. The number of nitrogens with zero attached hydrogens (tertiary/aromatic N) is 2. The lowest BCUT2D eigenvalue weighted by Crippen LogP contribution is -2.41. The van der Waals surface area contributed by atoms with E-state index < -0.39 is 10.0 Å². The Morgan fingerprint density at radius 3 is 2.26 bits per heavy atom. The van der Waals surface area contributed by atoms with Crippen LogP contribution in [0.2, 0.25) is 0 Å². The molecule has 0 spiro atoms. The van der Waals surface area contributed by atoms with E-state index in [-0.39, 0.29) is 17.3 Å². The maximum atomic E-state index is 13.5. The standard InChI is InChI=1S/C28H33N3O3S/c1-22-10-9-13-27(23(22)2)31(35(33,34)26-11-5-3-6-12-26)21-28(32)29-20-24-14-16-25(17-15-24)30-18-7-4-8-19-30/h3,5-6,9-17H,4,7-8,18-21H2,1-2H3,(H,29,32). The van der Waals surface area contributed by atoms with Gasteiger partial charge in [-0.25, -0.2) is 8.42 Å². The number of piperidine rings is 1. The maximum Gasteiger partial charge on any atom is 0.264 e. The van der Waals surface area contributed by atoms with Gasteiger partial charge in [-0.3, -0.25) is 9.10 Å². The molecule has 1 aliphatic rings. The molecule has 6 nitrogen and oxygen atoms in total. The summed E-state index contributed by atoms with van der Waals surface area (Å²) < 4.78 is 28.3. The van der Waals surface area contributed by atoms with Gasteiger partial charge in [0.2, 0.25) is 5.91 Å². The average molecular weight is 492 g/mol. The Hall–Kier alpha value is -3.32. The summed E-state index contributed by atoms with van der Waals surface area (Å²) in [7, 11) is -3.92. The summed E-state index contributed by atoms with van der Waals surface area (Å²) in [6.07, 6.45) is 3.74. The first-order chi connectivity index (χ1) is 16.9. The summed E-state index contributed by atoms with van der Waals surface area (Å²) in [4.78, 5) is 15.5. The highest BCUT2D eigenvalue weighted by Gasteiger charge is 2.28. The first-order valence-electron chi connectivity index (χ1n) is 12.1. The van der Waals surface area contributed by atoms with E-state index >= 15 is 0 Å². The minimum Gasteiger partial charge on any atom is -0.372 e. The average Bonchev–Trinajstić information content (AvgIpc) is 2.89. The molecule has 184 valence electrons. The van der Waals surface area contributed by atoms with Crippen molar-refractivity contribution in [2.75, 3.05) is 28.8 Å². The van der Waals surface area contributed by atoms with Gasteiger partial charge in [0.25, 0.3) is 10.0 Å². The fourth-order valence-corrected chi connectivity index (χ4v) is 5.89. The Morgan fingerprint density at radius 1 is 0.886 bits per heavy atom. The van der Waals surface area contributed by atoms with Crippen LogP contribution < -0.4 is 14.5 Å². The van der Waals surface area contributed by atoms with Crippen LogP contribution >= 0.6 is 0 Å². The number of carbonyl (C=O) groups excluding carboxylic acids is 1. The van der Waals surface area contributed by atoms with E-state index in [0.29, 0.717) is 12.2 Å². The zero-order chi connectivity index (χ0) is 24.8. The molecule has 3 aromatic rings. The quantitative estimate of drug-likeness (QED) is 0.491. The number of aryl methyl sites for hydroxylation is 1. The summed E-state index contributed by atoms with van der Waals surface area (Å²) in [6, 6.07) is 22.0. The van der Waals surface area contributed by atoms with Gasteiger partial charge in [-0.1, -0.05) is 42.5 Å². The van der Waals surface area contributed by atoms with Crippen LogP contribution in [0.1, 0.15) is 36.0 Å². The Bertz CT molecular complexity index is 1250. The molecule has 0 saturated carbocycles. The molecule has 1 amide bonds. The Balaban J connectivity index is 1.49. The van der Waals surface area contributed by atoms with Gasteiger partial charge in [-0.2, -0.15) is 0 Å². The van der Waals surface area contributed by atoms with Crippen molar-refractivity contribution in [3.63, 3.8) is 0 Å². The van der Waals surface area contributed by atoms with Crippen molar-refractivity contribution >= 4 is 27.3 Å². The number of amides is 1. The number of hydrogen-bond donors (Lipinski definition) is 1. The van der Waals surface area contributed by atoms with E-state index in [1.807, 2.05) is 38.1 Å². The highest BCUT2D eigenvalue weighted by molar-refractivity contribution is 7.92. The van der Waals surface area contributed by atoms with Gasteiger partial charge in [-0.05, 0) is 80.1 Å². The third kappa shape index (κ3) is 5.85. The van der Waals surface area contributed by atoms with E-state index in [1.165, 1.54) is 29.3 Å². The lowest BCUT2D eigenvalue weighted by atomic mass is 10.1. The lowest BCUT2D eigenvalue weighted by molar-refractivity contribution is -0.119. The number of carbonyl (C=O) groups is 1. The van der Waals surface area contributed by atoms with Gasteiger partial charge in [-0.15, -0.1) is 0 Å². The van der Waals surface area contributed by atoms with E-state index in [2.05, 4.69) is 22.3 Å². The summed E-state index contributed by atoms with van der Waals surface area (Å²) in [6.45, 7) is 6.01. The van der Waals surface area contributed by atoms with Crippen molar-refractivity contribution in [2.45, 2.75) is 44.6 Å². The van der Waals surface area contributed by atoms with Crippen molar-refractivity contribution in [2.24, 2.45) is 0 Å². The fourth-order valence-electron chi connectivity index (χ4n) is 4.39. The predicted octanol–water partition coefficient (Wildman–Crippen LogP) is 4.81. The van der Waals surface area contributed by atoms with Crippen LogP contribution in [0.15, 0.2) is 77.7 Å². The zero-order valence-electron chi connectivity index (χ0n) is 20.4. The highest BCUT2D eigenvalue weighted by Crippen LogP contribution is 2.28. The molecule has 1 N–H and O–H groups in total. The fraction of sp³-hybridized carbons (Fsp3) is 0.321. The largest absolute Gasteiger partial charge is 0.372 e. The van der Waals surface area contributed by atoms with E-state index in [4.69, 9.17) is 0 Å². The molecule has 35 heavy (non-hydrogen) atoms. The van der Waals surface area contributed by atoms with Crippen LogP contribution in [0, 0.1) is 13.8 Å². The monoisotopic (exact) mass is 491 g/mol. The molecule has 0 unspecified atom stereocenters. The van der Waals surface area contributed by atoms with E-state index in [9.17, 15) is 13.2 Å². The normalized spacial score (nSPS) is 13.9.